The second-order valence-corrected chi connectivity index (χ2v) is 10.1. The summed E-state index contributed by atoms with van der Waals surface area (Å²) in [4.78, 5) is 3.16. The molecule has 0 aliphatic carbocycles. The predicted octanol–water partition coefficient (Wildman–Crippen LogP) is 7.25. The number of ether oxygens (including phenoxy) is 2. The molecule has 4 N–H and O–H groups in total. The average Bonchev–Trinajstić information content (AvgIpc) is 2.88. The SMILES string of the molecule is CCCCOc1c(C#N)c(C#N)c(OCCCC)c(Sc2ccccc2N)c1Sc1ccc(N)cc1. The van der Waals surface area contributed by atoms with Crippen LogP contribution < -0.4 is 20.9 Å². The number of hydrogen-bond donors (Lipinski definition) is 2. The van der Waals surface area contributed by atoms with Gasteiger partial charge in [0.25, 0.3) is 0 Å². The number of hydrogen-bond acceptors (Lipinski definition) is 8. The van der Waals surface area contributed by atoms with Gasteiger partial charge in [0.1, 0.15) is 23.3 Å². The molecule has 8 heteroatoms. The quantitative estimate of drug-likeness (QED) is 0.190. The largest absolute Gasteiger partial charge is 0.491 e. The summed E-state index contributed by atoms with van der Waals surface area (Å²) >= 11 is 2.87. The van der Waals surface area contributed by atoms with E-state index in [-0.39, 0.29) is 11.1 Å². The van der Waals surface area contributed by atoms with Crippen molar-refractivity contribution in [3.8, 4) is 23.6 Å². The van der Waals surface area contributed by atoms with E-state index < -0.39 is 0 Å². The normalized spacial score (nSPS) is 10.4. The molecular formula is C28H30N4O2S2. The Hall–Kier alpha value is -3.46. The molecule has 0 fully saturated rings. The van der Waals surface area contributed by atoms with E-state index in [1.165, 1.54) is 23.5 Å². The molecule has 0 heterocycles. The van der Waals surface area contributed by atoms with Crippen LogP contribution in [0.5, 0.6) is 11.5 Å². The molecule has 0 saturated carbocycles. The van der Waals surface area contributed by atoms with Crippen molar-refractivity contribution >= 4 is 34.9 Å². The minimum atomic E-state index is 0.179. The molecule has 0 unspecified atom stereocenters. The fourth-order valence-electron chi connectivity index (χ4n) is 3.31. The second-order valence-electron chi connectivity index (χ2n) is 8.01. The van der Waals surface area contributed by atoms with Gasteiger partial charge in [0.05, 0.1) is 23.0 Å². The lowest BCUT2D eigenvalue weighted by molar-refractivity contribution is 0.286. The van der Waals surface area contributed by atoms with Gasteiger partial charge in [-0.2, -0.15) is 10.5 Å². The van der Waals surface area contributed by atoms with Crippen LogP contribution in [-0.2, 0) is 0 Å². The Balaban J connectivity index is 2.30. The van der Waals surface area contributed by atoms with Crippen molar-refractivity contribution < 1.29 is 9.47 Å². The van der Waals surface area contributed by atoms with Crippen LogP contribution in [0.4, 0.5) is 11.4 Å². The molecule has 0 saturated heterocycles. The third kappa shape index (κ3) is 6.60. The molecule has 3 aromatic carbocycles. The number of nitrogens with zero attached hydrogens (tertiary/aromatic N) is 2. The van der Waals surface area contributed by atoms with E-state index in [0.29, 0.717) is 45.9 Å². The molecule has 0 amide bonds. The van der Waals surface area contributed by atoms with Crippen LogP contribution in [0.25, 0.3) is 0 Å². The van der Waals surface area contributed by atoms with E-state index in [1.807, 2.05) is 48.5 Å². The van der Waals surface area contributed by atoms with E-state index >= 15 is 0 Å². The Morgan fingerprint density at radius 1 is 0.750 bits per heavy atom. The molecule has 3 rings (SSSR count). The summed E-state index contributed by atoms with van der Waals surface area (Å²) < 4.78 is 12.4. The molecule has 186 valence electrons. The summed E-state index contributed by atoms with van der Waals surface area (Å²) in [5.74, 6) is 0.778. The molecule has 0 aromatic heterocycles. The standard InChI is InChI=1S/C28H30N4O2S2/c1-3-5-15-33-25-21(17-29)22(18-30)26(34-16-6-4-2)28(36-24-10-8-7-9-23(24)32)27(25)35-20-13-11-19(31)12-14-20/h7-14H,3-6,15-16,31-32H2,1-2H3. The van der Waals surface area contributed by atoms with E-state index in [2.05, 4.69) is 26.0 Å². The molecule has 36 heavy (non-hydrogen) atoms. The number of unbranched alkanes of at least 4 members (excludes halogenated alkanes) is 2. The highest BCUT2D eigenvalue weighted by Crippen LogP contribution is 2.52. The molecule has 3 aromatic rings. The van der Waals surface area contributed by atoms with Crippen LogP contribution in [0.1, 0.15) is 50.7 Å². The van der Waals surface area contributed by atoms with Gasteiger partial charge in [0, 0.05) is 21.2 Å². The number of para-hydroxylation sites is 1. The maximum Gasteiger partial charge on any atom is 0.153 e. The third-order valence-electron chi connectivity index (χ3n) is 5.27. The number of benzene rings is 3. The number of nitriles is 2. The summed E-state index contributed by atoms with van der Waals surface area (Å²) in [5, 5.41) is 20.3. The van der Waals surface area contributed by atoms with Gasteiger partial charge >= 0.3 is 0 Å². The third-order valence-corrected chi connectivity index (χ3v) is 7.68. The lowest BCUT2D eigenvalue weighted by atomic mass is 10.1. The molecule has 0 atom stereocenters. The van der Waals surface area contributed by atoms with Gasteiger partial charge in [-0.1, -0.05) is 62.3 Å². The minimum absolute atomic E-state index is 0.179. The van der Waals surface area contributed by atoms with E-state index in [4.69, 9.17) is 20.9 Å². The molecule has 0 radical (unpaired) electrons. The number of nitrogens with two attached hydrogens (primary N) is 2. The average molecular weight is 519 g/mol. The lowest BCUT2D eigenvalue weighted by Gasteiger charge is -2.22. The maximum absolute atomic E-state index is 10.1. The summed E-state index contributed by atoms with van der Waals surface area (Å²) in [6, 6.07) is 19.5. The fourth-order valence-corrected chi connectivity index (χ4v) is 5.50. The zero-order valence-electron chi connectivity index (χ0n) is 20.5. The van der Waals surface area contributed by atoms with E-state index in [9.17, 15) is 10.5 Å². The Kier molecular flexibility index (Phi) is 10.2. The van der Waals surface area contributed by atoms with Crippen molar-refractivity contribution in [1.29, 1.82) is 10.5 Å². The highest BCUT2D eigenvalue weighted by Gasteiger charge is 2.28. The molecule has 0 aliphatic heterocycles. The van der Waals surface area contributed by atoms with E-state index in [0.717, 1.165) is 35.5 Å². The van der Waals surface area contributed by atoms with Crippen molar-refractivity contribution in [3.05, 3.63) is 59.7 Å². The van der Waals surface area contributed by atoms with Crippen molar-refractivity contribution in [2.75, 3.05) is 24.7 Å². The Bertz CT molecular complexity index is 1260. The highest BCUT2D eigenvalue weighted by atomic mass is 32.2. The molecule has 0 bridgehead atoms. The Morgan fingerprint density at radius 3 is 1.78 bits per heavy atom. The van der Waals surface area contributed by atoms with Crippen LogP contribution in [-0.4, -0.2) is 13.2 Å². The van der Waals surface area contributed by atoms with Gasteiger partial charge in [-0.15, -0.1) is 0 Å². The van der Waals surface area contributed by atoms with Crippen molar-refractivity contribution in [2.24, 2.45) is 0 Å². The minimum Gasteiger partial charge on any atom is -0.491 e. The number of anilines is 2. The predicted molar refractivity (Wildman–Crippen MR) is 147 cm³/mol. The van der Waals surface area contributed by atoms with E-state index in [1.54, 1.807) is 0 Å². The fraction of sp³-hybridized carbons (Fsp3) is 0.286. The summed E-state index contributed by atoms with van der Waals surface area (Å²) in [7, 11) is 0. The number of rotatable bonds is 12. The Labute approximate surface area is 221 Å². The summed E-state index contributed by atoms with van der Waals surface area (Å²) in [6.45, 7) is 5.00. The molecular weight excluding hydrogens is 488 g/mol. The zero-order chi connectivity index (χ0) is 25.9. The van der Waals surface area contributed by atoms with Gasteiger partial charge in [0.2, 0.25) is 0 Å². The van der Waals surface area contributed by atoms with Crippen molar-refractivity contribution in [2.45, 2.75) is 59.1 Å². The van der Waals surface area contributed by atoms with Crippen LogP contribution in [0.15, 0.2) is 68.1 Å². The molecule has 6 nitrogen and oxygen atoms in total. The van der Waals surface area contributed by atoms with Crippen molar-refractivity contribution in [1.82, 2.24) is 0 Å². The molecule has 0 aliphatic rings. The smallest absolute Gasteiger partial charge is 0.153 e. The zero-order valence-corrected chi connectivity index (χ0v) is 22.2. The van der Waals surface area contributed by atoms with Gasteiger partial charge in [-0.25, -0.2) is 0 Å². The molecule has 0 spiro atoms. The van der Waals surface area contributed by atoms with Gasteiger partial charge in [-0.05, 0) is 49.2 Å². The highest BCUT2D eigenvalue weighted by molar-refractivity contribution is 8.02. The van der Waals surface area contributed by atoms with Gasteiger partial charge < -0.3 is 20.9 Å². The first-order chi connectivity index (χ1) is 17.5. The van der Waals surface area contributed by atoms with Gasteiger partial charge in [-0.3, -0.25) is 0 Å². The first-order valence-corrected chi connectivity index (χ1v) is 13.5. The lowest BCUT2D eigenvalue weighted by Crippen LogP contribution is -2.07. The topological polar surface area (TPSA) is 118 Å². The maximum atomic E-state index is 10.1. The van der Waals surface area contributed by atoms with Gasteiger partial charge in [0.15, 0.2) is 11.5 Å². The van der Waals surface area contributed by atoms with Crippen LogP contribution in [0.3, 0.4) is 0 Å². The first kappa shape index (κ1) is 27.1. The second kappa shape index (κ2) is 13.6. The van der Waals surface area contributed by atoms with Crippen LogP contribution in [0.2, 0.25) is 0 Å². The van der Waals surface area contributed by atoms with Crippen LogP contribution in [0, 0.1) is 22.7 Å². The first-order valence-electron chi connectivity index (χ1n) is 11.9. The Morgan fingerprint density at radius 2 is 1.28 bits per heavy atom. The summed E-state index contributed by atoms with van der Waals surface area (Å²) in [6.07, 6.45) is 3.52. The summed E-state index contributed by atoms with van der Waals surface area (Å²) in [5.41, 5.74) is 13.8. The van der Waals surface area contributed by atoms with Crippen molar-refractivity contribution in [3.63, 3.8) is 0 Å². The van der Waals surface area contributed by atoms with Crippen LogP contribution >= 0.6 is 23.5 Å². The number of nitrogen functional groups attached to an aromatic ring is 2. The monoisotopic (exact) mass is 518 g/mol.